The normalized spacial score (nSPS) is 38.8. The van der Waals surface area contributed by atoms with Crippen molar-refractivity contribution in [1.82, 2.24) is 0 Å². The van der Waals surface area contributed by atoms with Gasteiger partial charge in [0.05, 0.1) is 26.1 Å². The van der Waals surface area contributed by atoms with Crippen molar-refractivity contribution >= 4 is 18.2 Å². The van der Waals surface area contributed by atoms with Gasteiger partial charge in [-0.3, -0.25) is 9.59 Å². The van der Waals surface area contributed by atoms with Gasteiger partial charge in [0.25, 0.3) is 0 Å². The van der Waals surface area contributed by atoms with Gasteiger partial charge in [0, 0.05) is 5.92 Å². The van der Waals surface area contributed by atoms with Gasteiger partial charge in [-0.2, -0.15) is 0 Å². The highest BCUT2D eigenvalue weighted by Gasteiger charge is 2.58. The van der Waals surface area contributed by atoms with Gasteiger partial charge >= 0.3 is 11.9 Å². The van der Waals surface area contributed by atoms with E-state index >= 15 is 0 Å². The van der Waals surface area contributed by atoms with E-state index in [2.05, 4.69) is 0 Å². The Kier molecular flexibility index (Phi) is 3.17. The average molecular weight is 240 g/mol. The molecule has 2 saturated carbocycles. The Bertz CT molecular complexity index is 351. The predicted molar refractivity (Wildman–Crippen MR) is 56.8 cm³/mol. The molecule has 5 heteroatoms. The van der Waals surface area contributed by atoms with Crippen LogP contribution in [0.2, 0.25) is 0 Å². The predicted octanol–water partition coefficient (Wildman–Crippen LogP) is 0.420. The van der Waals surface area contributed by atoms with Gasteiger partial charge in [0.1, 0.15) is 6.29 Å². The van der Waals surface area contributed by atoms with Crippen LogP contribution in [-0.2, 0) is 23.9 Å². The van der Waals surface area contributed by atoms with Crippen LogP contribution >= 0.6 is 0 Å². The molecular formula is C12H16O5. The van der Waals surface area contributed by atoms with Crippen molar-refractivity contribution in [3.05, 3.63) is 0 Å². The van der Waals surface area contributed by atoms with E-state index < -0.39 is 17.8 Å². The van der Waals surface area contributed by atoms with E-state index in [-0.39, 0.29) is 23.7 Å². The fourth-order valence-electron chi connectivity index (χ4n) is 3.50. The zero-order chi connectivity index (χ0) is 12.6. The molecule has 0 spiro atoms. The van der Waals surface area contributed by atoms with Gasteiger partial charge < -0.3 is 14.3 Å². The number of ether oxygens (including phenoxy) is 2. The van der Waals surface area contributed by atoms with E-state index in [9.17, 15) is 14.4 Å². The van der Waals surface area contributed by atoms with Gasteiger partial charge in [-0.15, -0.1) is 0 Å². The van der Waals surface area contributed by atoms with Gasteiger partial charge in [0.2, 0.25) is 0 Å². The maximum Gasteiger partial charge on any atom is 0.309 e. The van der Waals surface area contributed by atoms with Crippen molar-refractivity contribution in [1.29, 1.82) is 0 Å². The summed E-state index contributed by atoms with van der Waals surface area (Å²) in [5.74, 6) is -1.82. The topological polar surface area (TPSA) is 69.7 Å². The first-order valence-electron chi connectivity index (χ1n) is 5.75. The molecular weight excluding hydrogens is 224 g/mol. The summed E-state index contributed by atoms with van der Waals surface area (Å²) < 4.78 is 9.49. The summed E-state index contributed by atoms with van der Waals surface area (Å²) in [6, 6.07) is 0. The zero-order valence-electron chi connectivity index (χ0n) is 9.92. The van der Waals surface area contributed by atoms with Crippen LogP contribution in [-0.4, -0.2) is 32.4 Å². The lowest BCUT2D eigenvalue weighted by molar-refractivity contribution is -0.161. The van der Waals surface area contributed by atoms with E-state index in [0.29, 0.717) is 6.42 Å². The molecule has 17 heavy (non-hydrogen) atoms. The zero-order valence-corrected chi connectivity index (χ0v) is 9.92. The summed E-state index contributed by atoms with van der Waals surface area (Å²) in [6.45, 7) is 0. The first-order valence-corrected chi connectivity index (χ1v) is 5.75. The molecule has 0 heterocycles. The van der Waals surface area contributed by atoms with Crippen LogP contribution in [0, 0.1) is 29.6 Å². The molecule has 0 amide bonds. The van der Waals surface area contributed by atoms with Crippen molar-refractivity contribution in [2.75, 3.05) is 14.2 Å². The molecule has 94 valence electrons. The molecule has 2 aliphatic rings. The minimum atomic E-state index is -0.513. The number of hydrogen-bond acceptors (Lipinski definition) is 5. The molecule has 0 saturated heterocycles. The fraction of sp³-hybridized carbons (Fsp3) is 0.750. The molecule has 2 fully saturated rings. The Morgan fingerprint density at radius 3 is 2.18 bits per heavy atom. The number of esters is 2. The molecule has 5 nitrogen and oxygen atoms in total. The monoisotopic (exact) mass is 240 g/mol. The minimum Gasteiger partial charge on any atom is -0.469 e. The Morgan fingerprint density at radius 2 is 1.65 bits per heavy atom. The highest BCUT2D eigenvalue weighted by molar-refractivity contribution is 5.84. The Morgan fingerprint density at radius 1 is 1.06 bits per heavy atom. The van der Waals surface area contributed by atoms with Crippen molar-refractivity contribution in [2.45, 2.75) is 12.8 Å². The number of rotatable bonds is 3. The third-order valence-electron chi connectivity index (χ3n) is 4.18. The smallest absolute Gasteiger partial charge is 0.309 e. The quantitative estimate of drug-likeness (QED) is 0.528. The van der Waals surface area contributed by atoms with E-state index in [0.717, 1.165) is 12.7 Å². The Hall–Kier alpha value is -1.39. The standard InChI is InChI=1S/C12H16O5/c1-16-11(14)9-6-3-7(5-13)8(4-6)10(9)12(15)17-2/h5-10H,3-4H2,1-2H3. The van der Waals surface area contributed by atoms with E-state index in [1.807, 2.05) is 0 Å². The third kappa shape index (κ3) is 1.73. The summed E-state index contributed by atoms with van der Waals surface area (Å²) in [7, 11) is 2.62. The average Bonchev–Trinajstić information content (AvgIpc) is 2.93. The van der Waals surface area contributed by atoms with E-state index in [1.54, 1.807) is 0 Å². The van der Waals surface area contributed by atoms with Crippen LogP contribution in [0.25, 0.3) is 0 Å². The van der Waals surface area contributed by atoms with Crippen LogP contribution in [0.3, 0.4) is 0 Å². The minimum absolute atomic E-state index is 0.0611. The van der Waals surface area contributed by atoms with Gasteiger partial charge in [-0.05, 0) is 24.7 Å². The van der Waals surface area contributed by atoms with Crippen molar-refractivity contribution in [3.63, 3.8) is 0 Å². The second-order valence-corrected chi connectivity index (χ2v) is 4.79. The fourth-order valence-corrected chi connectivity index (χ4v) is 3.50. The highest BCUT2D eigenvalue weighted by atomic mass is 16.5. The summed E-state index contributed by atoms with van der Waals surface area (Å²) in [4.78, 5) is 34.4. The van der Waals surface area contributed by atoms with Crippen LogP contribution in [0.1, 0.15) is 12.8 Å². The number of carbonyl (C=O) groups is 3. The number of fused-ring (bicyclic) bond motifs is 2. The summed E-state index contributed by atoms with van der Waals surface area (Å²) in [5, 5.41) is 0. The highest BCUT2D eigenvalue weighted by Crippen LogP contribution is 2.55. The second-order valence-electron chi connectivity index (χ2n) is 4.79. The number of methoxy groups -OCH3 is 2. The lowest BCUT2D eigenvalue weighted by atomic mass is 9.74. The SMILES string of the molecule is COC(=O)C1C2CC(C=O)C(C2)C1C(=O)OC. The van der Waals surface area contributed by atoms with Crippen LogP contribution in [0.5, 0.6) is 0 Å². The molecule has 0 N–H and O–H groups in total. The second kappa shape index (κ2) is 4.47. The van der Waals surface area contributed by atoms with Crippen LogP contribution < -0.4 is 0 Å². The van der Waals surface area contributed by atoms with Crippen LogP contribution in [0.15, 0.2) is 0 Å². The van der Waals surface area contributed by atoms with Gasteiger partial charge in [0.15, 0.2) is 0 Å². The molecule has 0 aliphatic heterocycles. The molecule has 5 atom stereocenters. The number of hydrogen-bond donors (Lipinski definition) is 0. The van der Waals surface area contributed by atoms with Crippen LogP contribution in [0.4, 0.5) is 0 Å². The molecule has 0 radical (unpaired) electrons. The molecule has 5 unspecified atom stereocenters. The summed E-state index contributed by atoms with van der Waals surface area (Å²) >= 11 is 0. The van der Waals surface area contributed by atoms with E-state index in [1.165, 1.54) is 14.2 Å². The first kappa shape index (κ1) is 12.1. The number of carbonyl (C=O) groups excluding carboxylic acids is 3. The van der Waals surface area contributed by atoms with E-state index in [4.69, 9.17) is 9.47 Å². The Labute approximate surface area is 99.5 Å². The Balaban J connectivity index is 2.26. The lowest BCUT2D eigenvalue weighted by Crippen LogP contribution is -2.39. The first-order chi connectivity index (χ1) is 8.13. The molecule has 0 aromatic carbocycles. The number of aldehydes is 1. The molecule has 0 aromatic rings. The molecule has 0 aromatic heterocycles. The lowest BCUT2D eigenvalue weighted by Gasteiger charge is -2.29. The largest absolute Gasteiger partial charge is 0.469 e. The molecule has 2 bridgehead atoms. The third-order valence-corrected chi connectivity index (χ3v) is 4.18. The van der Waals surface area contributed by atoms with Gasteiger partial charge in [-0.1, -0.05) is 0 Å². The van der Waals surface area contributed by atoms with Crippen molar-refractivity contribution in [3.8, 4) is 0 Å². The molecule has 2 aliphatic carbocycles. The van der Waals surface area contributed by atoms with Crippen molar-refractivity contribution < 1.29 is 23.9 Å². The van der Waals surface area contributed by atoms with Crippen molar-refractivity contribution in [2.24, 2.45) is 29.6 Å². The summed E-state index contributed by atoms with van der Waals surface area (Å²) in [5.41, 5.74) is 0. The van der Waals surface area contributed by atoms with Gasteiger partial charge in [-0.25, -0.2) is 0 Å². The maximum atomic E-state index is 11.8. The molecule has 2 rings (SSSR count). The summed E-state index contributed by atoms with van der Waals surface area (Å²) in [6.07, 6.45) is 2.32. The maximum absolute atomic E-state index is 11.8.